The number of hydrogen-bond donors (Lipinski definition) is 1. The van der Waals surface area contributed by atoms with E-state index in [4.69, 9.17) is 5.21 Å². The smallest absolute Gasteiger partial charge is 0.0209 e. The fourth-order valence-electron chi connectivity index (χ4n) is 0.224. The van der Waals surface area contributed by atoms with Gasteiger partial charge in [0.05, 0.1) is 0 Å². The van der Waals surface area contributed by atoms with Gasteiger partial charge in [0, 0.05) is 39.3 Å². The van der Waals surface area contributed by atoms with Crippen LogP contribution in [-0.2, 0) is 26.2 Å². The molecule has 0 aliphatic rings. The van der Waals surface area contributed by atoms with Crippen LogP contribution in [0.4, 0.5) is 0 Å². The molecule has 0 aliphatic carbocycles. The molecule has 0 rings (SSSR count). The van der Waals surface area contributed by atoms with E-state index in [1.165, 1.54) is 5.06 Å². The van der Waals surface area contributed by atoms with Crippen molar-refractivity contribution in [1.82, 2.24) is 5.06 Å². The van der Waals surface area contributed by atoms with Gasteiger partial charge in [-0.05, 0) is 0 Å². The maximum Gasteiger partial charge on any atom is 0.0209 e. The van der Waals surface area contributed by atoms with Gasteiger partial charge in [-0.2, -0.15) is 5.06 Å². The van der Waals surface area contributed by atoms with Crippen LogP contribution in [0.5, 0.6) is 0 Å². The molecule has 0 fully saturated rings. The summed E-state index contributed by atoms with van der Waals surface area (Å²) in [6.07, 6.45) is 0. The van der Waals surface area contributed by atoms with Crippen molar-refractivity contribution in [3.8, 4) is 0 Å². The summed E-state index contributed by atoms with van der Waals surface area (Å²) in [6.45, 7) is 5.25. The van der Waals surface area contributed by atoms with E-state index in [-0.39, 0.29) is 26.2 Å². The summed E-state index contributed by atoms with van der Waals surface area (Å²) in [6, 6.07) is 0. The normalized spacial score (nSPS) is 8.57. The molecule has 0 amide bonds. The summed E-state index contributed by atoms with van der Waals surface area (Å²) in [7, 11) is 0. The molecule has 0 spiro atoms. The third-order valence-electron chi connectivity index (χ3n) is 0.730. The molecule has 7 heavy (non-hydrogen) atoms. The van der Waals surface area contributed by atoms with Gasteiger partial charge in [0.25, 0.3) is 0 Å². The van der Waals surface area contributed by atoms with Crippen molar-refractivity contribution in [1.29, 1.82) is 0 Å². The Labute approximate surface area is 63.6 Å². The van der Waals surface area contributed by atoms with Crippen molar-refractivity contribution in [2.24, 2.45) is 0 Å². The third-order valence-corrected chi connectivity index (χ3v) is 0.730. The molecule has 0 saturated heterocycles. The van der Waals surface area contributed by atoms with Gasteiger partial charge in [-0.1, -0.05) is 13.8 Å². The van der Waals surface area contributed by atoms with Gasteiger partial charge in [0.15, 0.2) is 0 Å². The Morgan fingerprint density at radius 1 is 1.29 bits per heavy atom. The minimum Gasteiger partial charge on any atom is -0.314 e. The van der Waals surface area contributed by atoms with E-state index in [1.807, 2.05) is 13.8 Å². The van der Waals surface area contributed by atoms with Crippen LogP contribution in [0.3, 0.4) is 0 Å². The number of hydroxylamine groups is 2. The SMILES string of the molecule is CCN(O)CC.[Zr]. The van der Waals surface area contributed by atoms with E-state index in [2.05, 4.69) is 0 Å². The fourth-order valence-corrected chi connectivity index (χ4v) is 0.224. The summed E-state index contributed by atoms with van der Waals surface area (Å²) in [4.78, 5) is 0. The molecule has 2 nitrogen and oxygen atoms in total. The maximum atomic E-state index is 8.50. The molecular formula is C4H11NOZr. The van der Waals surface area contributed by atoms with E-state index >= 15 is 0 Å². The van der Waals surface area contributed by atoms with Crippen LogP contribution >= 0.6 is 0 Å². The van der Waals surface area contributed by atoms with Crippen LogP contribution in [0.2, 0.25) is 0 Å². The van der Waals surface area contributed by atoms with Crippen LogP contribution in [0.1, 0.15) is 13.8 Å². The summed E-state index contributed by atoms with van der Waals surface area (Å²) >= 11 is 0. The molecule has 0 unspecified atom stereocenters. The zero-order valence-electron chi connectivity index (χ0n) is 4.81. The quantitative estimate of drug-likeness (QED) is 0.633. The molecule has 0 aromatic heterocycles. The van der Waals surface area contributed by atoms with Crippen LogP contribution in [-0.4, -0.2) is 23.4 Å². The molecule has 1 N–H and O–H groups in total. The van der Waals surface area contributed by atoms with Crippen LogP contribution in [0.15, 0.2) is 0 Å². The molecule has 0 bridgehead atoms. The molecule has 42 valence electrons. The van der Waals surface area contributed by atoms with E-state index in [9.17, 15) is 0 Å². The Hall–Kier alpha value is 0.803. The second-order valence-corrected chi connectivity index (χ2v) is 1.14. The largest absolute Gasteiger partial charge is 0.314 e. The van der Waals surface area contributed by atoms with Crippen molar-refractivity contribution in [3.05, 3.63) is 0 Å². The molecule has 3 heteroatoms. The van der Waals surface area contributed by atoms with Gasteiger partial charge in [0.2, 0.25) is 0 Å². The summed E-state index contributed by atoms with van der Waals surface area (Å²) in [5.41, 5.74) is 0. The van der Waals surface area contributed by atoms with Crippen LogP contribution in [0, 0.1) is 0 Å². The van der Waals surface area contributed by atoms with Gasteiger partial charge in [-0.25, -0.2) is 0 Å². The molecule has 0 aromatic rings. The number of rotatable bonds is 2. The fraction of sp³-hybridized carbons (Fsp3) is 1.00. The molecule has 0 heterocycles. The zero-order chi connectivity index (χ0) is 4.99. The first-order valence-corrected chi connectivity index (χ1v) is 2.25. The molecule has 0 aromatic carbocycles. The van der Waals surface area contributed by atoms with Crippen LogP contribution in [0.25, 0.3) is 0 Å². The van der Waals surface area contributed by atoms with E-state index in [1.54, 1.807) is 0 Å². The molecule has 0 radical (unpaired) electrons. The first-order valence-electron chi connectivity index (χ1n) is 2.25. The predicted molar refractivity (Wildman–Crippen MR) is 24.7 cm³/mol. The van der Waals surface area contributed by atoms with Gasteiger partial charge >= 0.3 is 0 Å². The average molecular weight is 180 g/mol. The Kier molecular flexibility index (Phi) is 10.4. The van der Waals surface area contributed by atoms with E-state index in [0.717, 1.165) is 13.1 Å². The van der Waals surface area contributed by atoms with Gasteiger partial charge in [-0.3, -0.25) is 0 Å². The first-order chi connectivity index (χ1) is 2.81. The summed E-state index contributed by atoms with van der Waals surface area (Å²) in [5.74, 6) is 0. The number of nitrogens with zero attached hydrogens (tertiary/aromatic N) is 1. The van der Waals surface area contributed by atoms with Crippen molar-refractivity contribution in [2.45, 2.75) is 13.8 Å². The van der Waals surface area contributed by atoms with Crippen molar-refractivity contribution >= 4 is 0 Å². The zero-order valence-corrected chi connectivity index (χ0v) is 7.27. The van der Waals surface area contributed by atoms with E-state index in [0.29, 0.717) is 0 Å². The average Bonchev–Trinajstić information content (AvgIpc) is 1.65. The molecular weight excluding hydrogens is 169 g/mol. The predicted octanol–water partition coefficient (Wildman–Crippen LogP) is 0.715. The summed E-state index contributed by atoms with van der Waals surface area (Å²) in [5, 5.41) is 9.75. The van der Waals surface area contributed by atoms with Crippen molar-refractivity contribution < 1.29 is 31.4 Å². The molecule has 0 saturated carbocycles. The summed E-state index contributed by atoms with van der Waals surface area (Å²) < 4.78 is 0. The second kappa shape index (κ2) is 6.80. The van der Waals surface area contributed by atoms with Gasteiger partial charge in [-0.15, -0.1) is 0 Å². The van der Waals surface area contributed by atoms with Gasteiger partial charge in [0.1, 0.15) is 0 Å². The molecule has 0 aliphatic heterocycles. The van der Waals surface area contributed by atoms with E-state index < -0.39 is 0 Å². The minimum atomic E-state index is 0. The first kappa shape index (κ1) is 10.7. The third kappa shape index (κ3) is 6.80. The number of hydrogen-bond acceptors (Lipinski definition) is 2. The maximum absolute atomic E-state index is 8.50. The van der Waals surface area contributed by atoms with Crippen molar-refractivity contribution in [2.75, 3.05) is 13.1 Å². The Bertz CT molecular complexity index is 30.9. The Morgan fingerprint density at radius 3 is 1.57 bits per heavy atom. The monoisotopic (exact) mass is 179 g/mol. The molecule has 0 atom stereocenters. The van der Waals surface area contributed by atoms with Crippen LogP contribution < -0.4 is 0 Å². The van der Waals surface area contributed by atoms with Crippen molar-refractivity contribution in [3.63, 3.8) is 0 Å². The Morgan fingerprint density at radius 2 is 1.57 bits per heavy atom. The topological polar surface area (TPSA) is 23.5 Å². The Balaban J connectivity index is 0. The second-order valence-electron chi connectivity index (χ2n) is 1.14. The standard InChI is InChI=1S/C4H11NO.Zr/c1-3-5(6)4-2;/h6H,3-4H2,1-2H3;. The minimum absolute atomic E-state index is 0. The van der Waals surface area contributed by atoms with Gasteiger partial charge < -0.3 is 5.21 Å².